The van der Waals surface area contributed by atoms with Crippen molar-refractivity contribution in [3.63, 3.8) is 0 Å². The molecule has 0 aliphatic carbocycles. The van der Waals surface area contributed by atoms with Crippen LogP contribution in [0.5, 0.6) is 5.75 Å². The van der Waals surface area contributed by atoms with E-state index >= 15 is 0 Å². The van der Waals surface area contributed by atoms with Gasteiger partial charge >= 0.3 is 0 Å². The summed E-state index contributed by atoms with van der Waals surface area (Å²) in [5.41, 5.74) is 1.70. The minimum atomic E-state index is -3.70. The van der Waals surface area contributed by atoms with Crippen molar-refractivity contribution in [3.05, 3.63) is 72.4 Å². The molecule has 5 nitrogen and oxygen atoms in total. The smallest absolute Gasteiger partial charge is 0.268 e. The average molecular weight is 392 g/mol. The molecule has 0 unspecified atom stereocenters. The van der Waals surface area contributed by atoms with Crippen LogP contribution in [0.25, 0.3) is 21.7 Å². The summed E-state index contributed by atoms with van der Waals surface area (Å²) in [7, 11) is -1.66. The minimum Gasteiger partial charge on any atom is -0.492 e. The number of fused-ring (bicyclic) bond motifs is 4. The lowest BCUT2D eigenvalue weighted by molar-refractivity contribution is 0.259. The Morgan fingerprint density at radius 1 is 0.964 bits per heavy atom. The van der Waals surface area contributed by atoms with Gasteiger partial charge in [-0.05, 0) is 48.2 Å². The van der Waals surface area contributed by atoms with Gasteiger partial charge in [0, 0.05) is 30.2 Å². The van der Waals surface area contributed by atoms with Crippen molar-refractivity contribution >= 4 is 31.7 Å². The van der Waals surface area contributed by atoms with Gasteiger partial charge < -0.3 is 4.74 Å². The number of ether oxygens (including phenoxy) is 1. The highest BCUT2D eigenvalue weighted by atomic mass is 32.2. The number of hydrogen-bond acceptors (Lipinski definition) is 4. The number of hydrogen-bond donors (Lipinski definition) is 0. The molecule has 142 valence electrons. The Balaban J connectivity index is 1.67. The molecule has 6 heteroatoms. The number of nitrogens with zero attached hydrogens (tertiary/aromatic N) is 2. The molecule has 5 rings (SSSR count). The van der Waals surface area contributed by atoms with E-state index in [4.69, 9.17) is 4.74 Å². The van der Waals surface area contributed by atoms with Gasteiger partial charge in [0.25, 0.3) is 10.0 Å². The average Bonchev–Trinajstić information content (AvgIpc) is 3.05. The molecule has 0 saturated carbocycles. The summed E-state index contributed by atoms with van der Waals surface area (Å²) >= 11 is 0. The highest BCUT2D eigenvalue weighted by molar-refractivity contribution is 7.90. The summed E-state index contributed by atoms with van der Waals surface area (Å²) in [6, 6.07) is 18.6. The van der Waals surface area contributed by atoms with Crippen LogP contribution in [0.15, 0.2) is 71.8 Å². The highest BCUT2D eigenvalue weighted by Crippen LogP contribution is 2.33. The molecule has 0 atom stereocenters. The molecular weight excluding hydrogens is 372 g/mol. The third kappa shape index (κ3) is 2.68. The maximum absolute atomic E-state index is 13.4. The summed E-state index contributed by atoms with van der Waals surface area (Å²) in [4.78, 5) is 2.47. The van der Waals surface area contributed by atoms with E-state index in [0.29, 0.717) is 12.1 Å². The predicted octanol–water partition coefficient (Wildman–Crippen LogP) is 3.86. The first-order valence-electron chi connectivity index (χ1n) is 9.23. The Labute approximate surface area is 163 Å². The Morgan fingerprint density at radius 2 is 1.79 bits per heavy atom. The van der Waals surface area contributed by atoms with Crippen molar-refractivity contribution in [3.8, 4) is 5.75 Å². The van der Waals surface area contributed by atoms with Gasteiger partial charge in [0.2, 0.25) is 0 Å². The van der Waals surface area contributed by atoms with Crippen LogP contribution in [-0.2, 0) is 16.6 Å². The molecular formula is C22H20N2O3S. The monoisotopic (exact) mass is 392 g/mol. The second-order valence-corrected chi connectivity index (χ2v) is 9.00. The van der Waals surface area contributed by atoms with Crippen LogP contribution in [0.4, 0.5) is 0 Å². The lowest BCUT2D eigenvalue weighted by Crippen LogP contribution is -2.20. The fourth-order valence-corrected chi connectivity index (χ4v) is 5.23. The van der Waals surface area contributed by atoms with E-state index in [2.05, 4.69) is 4.90 Å². The lowest BCUT2D eigenvalue weighted by Gasteiger charge is -2.13. The van der Waals surface area contributed by atoms with Crippen LogP contribution >= 0.6 is 0 Å². The van der Waals surface area contributed by atoms with Crippen molar-refractivity contribution < 1.29 is 13.2 Å². The first-order valence-corrected chi connectivity index (χ1v) is 10.7. The van der Waals surface area contributed by atoms with E-state index in [1.54, 1.807) is 18.3 Å². The number of aromatic nitrogens is 1. The van der Waals surface area contributed by atoms with E-state index in [9.17, 15) is 8.42 Å². The zero-order chi connectivity index (χ0) is 19.3. The van der Waals surface area contributed by atoms with Crippen LogP contribution in [-0.4, -0.2) is 37.5 Å². The van der Waals surface area contributed by atoms with E-state index in [0.717, 1.165) is 40.6 Å². The molecule has 3 aromatic carbocycles. The van der Waals surface area contributed by atoms with Crippen molar-refractivity contribution in [2.24, 2.45) is 0 Å². The molecule has 1 aliphatic heterocycles. The SMILES string of the molecule is CN1CCOc2ccc3c(ccn3S(=O)(=O)c3ccc4ccccc4c3)c2C1. The molecule has 2 heterocycles. The zero-order valence-electron chi connectivity index (χ0n) is 15.5. The van der Waals surface area contributed by atoms with Gasteiger partial charge in [-0.15, -0.1) is 0 Å². The quantitative estimate of drug-likeness (QED) is 0.520. The van der Waals surface area contributed by atoms with Crippen molar-refractivity contribution in [2.75, 3.05) is 20.2 Å². The summed E-state index contributed by atoms with van der Waals surface area (Å²) in [6.07, 6.45) is 1.64. The third-order valence-corrected chi connectivity index (χ3v) is 7.03. The largest absolute Gasteiger partial charge is 0.492 e. The van der Waals surface area contributed by atoms with E-state index in [1.165, 1.54) is 3.97 Å². The van der Waals surface area contributed by atoms with E-state index < -0.39 is 10.0 Å². The molecule has 0 amide bonds. The molecule has 0 saturated heterocycles. The van der Waals surface area contributed by atoms with Crippen molar-refractivity contribution in [2.45, 2.75) is 11.4 Å². The van der Waals surface area contributed by atoms with Crippen LogP contribution in [0.3, 0.4) is 0 Å². The molecule has 0 bridgehead atoms. The molecule has 1 aromatic heterocycles. The Morgan fingerprint density at radius 3 is 2.64 bits per heavy atom. The summed E-state index contributed by atoms with van der Waals surface area (Å²) in [5.74, 6) is 0.831. The van der Waals surface area contributed by atoms with Gasteiger partial charge in [-0.2, -0.15) is 0 Å². The molecule has 0 N–H and O–H groups in total. The normalized spacial score (nSPS) is 15.3. The summed E-state index contributed by atoms with van der Waals surface area (Å²) in [6.45, 7) is 2.20. The Kier molecular flexibility index (Phi) is 3.92. The third-order valence-electron chi connectivity index (χ3n) is 5.34. The van der Waals surface area contributed by atoms with E-state index in [1.807, 2.05) is 55.6 Å². The maximum Gasteiger partial charge on any atom is 0.268 e. The van der Waals surface area contributed by atoms with Crippen LogP contribution < -0.4 is 4.74 Å². The second kappa shape index (κ2) is 6.36. The van der Waals surface area contributed by atoms with Gasteiger partial charge in [0.1, 0.15) is 12.4 Å². The second-order valence-electron chi connectivity index (χ2n) is 7.19. The van der Waals surface area contributed by atoms with Gasteiger partial charge in [-0.1, -0.05) is 30.3 Å². The molecule has 0 fully saturated rings. The highest BCUT2D eigenvalue weighted by Gasteiger charge is 2.23. The molecule has 4 aromatic rings. The fourth-order valence-electron chi connectivity index (χ4n) is 3.84. The van der Waals surface area contributed by atoms with E-state index in [-0.39, 0.29) is 4.90 Å². The van der Waals surface area contributed by atoms with Gasteiger partial charge in [0.05, 0.1) is 10.4 Å². The molecule has 0 spiro atoms. The summed E-state index contributed by atoms with van der Waals surface area (Å²) in [5, 5.41) is 2.84. The minimum absolute atomic E-state index is 0.284. The van der Waals surface area contributed by atoms with Crippen molar-refractivity contribution in [1.29, 1.82) is 0 Å². The summed E-state index contributed by atoms with van der Waals surface area (Å²) < 4.78 is 34.0. The van der Waals surface area contributed by atoms with Gasteiger partial charge in [-0.3, -0.25) is 4.90 Å². The first kappa shape index (κ1) is 17.3. The Hall–Kier alpha value is -2.83. The zero-order valence-corrected chi connectivity index (χ0v) is 16.3. The predicted molar refractivity (Wildman–Crippen MR) is 110 cm³/mol. The first-order chi connectivity index (χ1) is 13.5. The number of likely N-dealkylation sites (N-methyl/N-ethyl adjacent to an activating group) is 1. The molecule has 1 aliphatic rings. The van der Waals surface area contributed by atoms with Gasteiger partial charge in [-0.25, -0.2) is 12.4 Å². The number of rotatable bonds is 2. The fraction of sp³-hybridized carbons (Fsp3) is 0.182. The molecule has 0 radical (unpaired) electrons. The Bertz CT molecular complexity index is 1310. The van der Waals surface area contributed by atoms with Gasteiger partial charge in [0.15, 0.2) is 0 Å². The molecule has 28 heavy (non-hydrogen) atoms. The van der Waals surface area contributed by atoms with Crippen molar-refractivity contribution in [1.82, 2.24) is 8.87 Å². The standard InChI is InChI=1S/C22H20N2O3S/c1-23-12-13-27-22-9-8-21-19(20(22)15-23)10-11-24(21)28(25,26)18-7-6-16-4-2-3-5-17(16)14-18/h2-11,14H,12-13,15H2,1H3. The number of benzene rings is 3. The van der Waals surface area contributed by atoms with Crippen LogP contribution in [0, 0.1) is 0 Å². The lowest BCUT2D eigenvalue weighted by atomic mass is 10.1. The van der Waals surface area contributed by atoms with Crippen LogP contribution in [0.1, 0.15) is 5.56 Å². The van der Waals surface area contributed by atoms with Crippen LogP contribution in [0.2, 0.25) is 0 Å². The topological polar surface area (TPSA) is 51.5 Å². The maximum atomic E-state index is 13.4.